The Labute approximate surface area is 69.0 Å². The van der Waals surface area contributed by atoms with E-state index in [9.17, 15) is 4.79 Å². The Hall–Kier alpha value is -1.36. The maximum Gasteiger partial charge on any atom is 0.293 e. The molecule has 0 fully saturated rings. The summed E-state index contributed by atoms with van der Waals surface area (Å²) in [4.78, 5) is 17.0. The van der Waals surface area contributed by atoms with Gasteiger partial charge in [-0.15, -0.1) is 0 Å². The molecular formula is C7H10N2O3. The van der Waals surface area contributed by atoms with Crippen LogP contribution in [0.15, 0.2) is 11.0 Å². The minimum atomic E-state index is -0.517. The molecule has 0 unspecified atom stereocenters. The fraction of sp³-hybridized carbons (Fsp3) is 0.429. The van der Waals surface area contributed by atoms with Gasteiger partial charge in [0.15, 0.2) is 5.75 Å². The average molecular weight is 170 g/mol. The summed E-state index contributed by atoms with van der Waals surface area (Å²) in [5, 5.41) is 8.83. The monoisotopic (exact) mass is 170 g/mol. The van der Waals surface area contributed by atoms with Crippen LogP contribution < -0.4 is 5.56 Å². The van der Waals surface area contributed by atoms with Gasteiger partial charge in [-0.25, -0.2) is 4.98 Å². The first-order valence-electron chi connectivity index (χ1n) is 3.50. The van der Waals surface area contributed by atoms with Crippen LogP contribution in [-0.2, 0) is 11.2 Å². The standard InChI is InChI=1S/C7H10N2O3/c1-12-3-2-6-8-4-5(10)7(11)9-6/h4,10H,2-3H2,1H3,(H,8,9,11). The highest BCUT2D eigenvalue weighted by Gasteiger charge is 1.98. The number of methoxy groups -OCH3 is 1. The zero-order chi connectivity index (χ0) is 8.97. The van der Waals surface area contributed by atoms with Crippen molar-refractivity contribution in [3.63, 3.8) is 0 Å². The quantitative estimate of drug-likeness (QED) is 0.651. The summed E-state index contributed by atoms with van der Waals surface area (Å²) < 4.78 is 4.79. The van der Waals surface area contributed by atoms with E-state index < -0.39 is 5.56 Å². The van der Waals surface area contributed by atoms with E-state index in [2.05, 4.69) is 9.97 Å². The number of aromatic hydroxyl groups is 1. The van der Waals surface area contributed by atoms with E-state index in [0.29, 0.717) is 18.9 Å². The lowest BCUT2D eigenvalue weighted by Gasteiger charge is -1.98. The number of ether oxygens (including phenoxy) is 1. The van der Waals surface area contributed by atoms with Crippen LogP contribution in [0.3, 0.4) is 0 Å². The van der Waals surface area contributed by atoms with Gasteiger partial charge in [0.1, 0.15) is 5.82 Å². The van der Waals surface area contributed by atoms with Crippen LogP contribution >= 0.6 is 0 Å². The molecule has 0 aliphatic heterocycles. The minimum absolute atomic E-state index is 0.365. The van der Waals surface area contributed by atoms with Crippen molar-refractivity contribution in [2.24, 2.45) is 0 Å². The van der Waals surface area contributed by atoms with Crippen molar-refractivity contribution >= 4 is 0 Å². The number of hydrogen-bond donors (Lipinski definition) is 2. The van der Waals surface area contributed by atoms with Crippen molar-refractivity contribution in [2.75, 3.05) is 13.7 Å². The molecule has 1 aromatic heterocycles. The lowest BCUT2D eigenvalue weighted by molar-refractivity contribution is 0.200. The third-order valence-corrected chi connectivity index (χ3v) is 1.38. The van der Waals surface area contributed by atoms with E-state index in [0.717, 1.165) is 6.20 Å². The SMILES string of the molecule is COCCc1ncc(O)c(=O)[nH]1. The van der Waals surface area contributed by atoms with Gasteiger partial charge in [0.25, 0.3) is 5.56 Å². The Morgan fingerprint density at radius 3 is 3.08 bits per heavy atom. The summed E-state index contributed by atoms with van der Waals surface area (Å²) >= 11 is 0. The van der Waals surface area contributed by atoms with Crippen LogP contribution in [0.1, 0.15) is 5.82 Å². The van der Waals surface area contributed by atoms with Gasteiger partial charge >= 0.3 is 0 Å². The Bertz CT molecular complexity index is 308. The summed E-state index contributed by atoms with van der Waals surface area (Å²) in [5.41, 5.74) is -0.517. The second-order valence-electron chi connectivity index (χ2n) is 2.29. The largest absolute Gasteiger partial charge is 0.502 e. The van der Waals surface area contributed by atoms with Crippen molar-refractivity contribution in [3.05, 3.63) is 22.4 Å². The number of H-pyrrole nitrogens is 1. The maximum atomic E-state index is 10.8. The molecule has 0 atom stereocenters. The van der Waals surface area contributed by atoms with Gasteiger partial charge in [0.05, 0.1) is 12.8 Å². The molecule has 1 aromatic rings. The van der Waals surface area contributed by atoms with Crippen LogP contribution in [0.25, 0.3) is 0 Å². The summed E-state index contributed by atoms with van der Waals surface area (Å²) in [7, 11) is 1.57. The number of aromatic nitrogens is 2. The van der Waals surface area contributed by atoms with Crippen molar-refractivity contribution in [3.8, 4) is 5.75 Å². The molecule has 1 heterocycles. The third kappa shape index (κ3) is 2.06. The number of hydrogen-bond acceptors (Lipinski definition) is 4. The average Bonchev–Trinajstić information content (AvgIpc) is 2.07. The molecule has 66 valence electrons. The highest BCUT2D eigenvalue weighted by molar-refractivity contribution is 5.10. The Kier molecular flexibility index (Phi) is 2.82. The highest BCUT2D eigenvalue weighted by Crippen LogP contribution is 1.95. The van der Waals surface area contributed by atoms with Crippen LogP contribution in [0.2, 0.25) is 0 Å². The molecule has 0 radical (unpaired) electrons. The Balaban J connectivity index is 2.76. The van der Waals surface area contributed by atoms with E-state index >= 15 is 0 Å². The van der Waals surface area contributed by atoms with Gasteiger partial charge in [0.2, 0.25) is 0 Å². The maximum absolute atomic E-state index is 10.8. The molecule has 0 saturated carbocycles. The van der Waals surface area contributed by atoms with Crippen LogP contribution in [0.4, 0.5) is 0 Å². The normalized spacial score (nSPS) is 10.1. The smallest absolute Gasteiger partial charge is 0.293 e. The molecule has 0 aliphatic rings. The molecule has 0 spiro atoms. The predicted molar refractivity (Wildman–Crippen MR) is 42.1 cm³/mol. The summed E-state index contributed by atoms with van der Waals surface area (Å²) in [5.74, 6) is 0.149. The fourth-order valence-corrected chi connectivity index (χ4v) is 0.751. The minimum Gasteiger partial charge on any atom is -0.502 e. The Morgan fingerprint density at radius 1 is 1.75 bits per heavy atom. The summed E-state index contributed by atoms with van der Waals surface area (Å²) in [6.07, 6.45) is 1.66. The van der Waals surface area contributed by atoms with Gasteiger partial charge in [-0.2, -0.15) is 0 Å². The second-order valence-corrected chi connectivity index (χ2v) is 2.29. The number of aromatic amines is 1. The number of rotatable bonds is 3. The molecule has 0 saturated heterocycles. The number of nitrogens with zero attached hydrogens (tertiary/aromatic N) is 1. The van der Waals surface area contributed by atoms with E-state index in [1.54, 1.807) is 7.11 Å². The van der Waals surface area contributed by atoms with Crippen LogP contribution in [0, 0.1) is 0 Å². The van der Waals surface area contributed by atoms with Gasteiger partial charge < -0.3 is 14.8 Å². The topological polar surface area (TPSA) is 75.2 Å². The molecular weight excluding hydrogens is 160 g/mol. The fourth-order valence-electron chi connectivity index (χ4n) is 0.751. The zero-order valence-corrected chi connectivity index (χ0v) is 6.70. The Morgan fingerprint density at radius 2 is 2.50 bits per heavy atom. The van der Waals surface area contributed by atoms with Crippen molar-refractivity contribution in [2.45, 2.75) is 6.42 Å². The van der Waals surface area contributed by atoms with Gasteiger partial charge in [0, 0.05) is 13.5 Å². The lowest BCUT2D eigenvalue weighted by atomic mass is 10.4. The highest BCUT2D eigenvalue weighted by atomic mass is 16.5. The zero-order valence-electron chi connectivity index (χ0n) is 6.70. The van der Waals surface area contributed by atoms with Crippen molar-refractivity contribution in [1.82, 2.24) is 9.97 Å². The van der Waals surface area contributed by atoms with Gasteiger partial charge in [-0.1, -0.05) is 0 Å². The molecule has 12 heavy (non-hydrogen) atoms. The van der Waals surface area contributed by atoms with E-state index in [1.807, 2.05) is 0 Å². The molecule has 5 heteroatoms. The molecule has 5 nitrogen and oxygen atoms in total. The van der Waals surface area contributed by atoms with E-state index in [-0.39, 0.29) is 5.75 Å². The van der Waals surface area contributed by atoms with Gasteiger partial charge in [-0.3, -0.25) is 4.79 Å². The predicted octanol–water partition coefficient (Wildman–Crippen LogP) is -0.336. The van der Waals surface area contributed by atoms with Crippen LogP contribution in [0.5, 0.6) is 5.75 Å². The first kappa shape index (κ1) is 8.73. The lowest BCUT2D eigenvalue weighted by Crippen LogP contribution is -2.11. The van der Waals surface area contributed by atoms with E-state index in [1.165, 1.54) is 0 Å². The molecule has 0 aliphatic carbocycles. The molecule has 0 bridgehead atoms. The van der Waals surface area contributed by atoms with E-state index in [4.69, 9.17) is 9.84 Å². The summed E-state index contributed by atoms with van der Waals surface area (Å²) in [6, 6.07) is 0. The molecule has 2 N–H and O–H groups in total. The third-order valence-electron chi connectivity index (χ3n) is 1.38. The first-order chi connectivity index (χ1) is 5.74. The molecule has 1 rings (SSSR count). The van der Waals surface area contributed by atoms with Crippen LogP contribution in [-0.4, -0.2) is 28.8 Å². The van der Waals surface area contributed by atoms with Gasteiger partial charge in [-0.05, 0) is 0 Å². The number of nitrogens with one attached hydrogen (secondary N) is 1. The summed E-state index contributed by atoms with van der Waals surface area (Å²) in [6.45, 7) is 0.494. The van der Waals surface area contributed by atoms with Crippen molar-refractivity contribution < 1.29 is 9.84 Å². The van der Waals surface area contributed by atoms with Crippen molar-refractivity contribution in [1.29, 1.82) is 0 Å². The first-order valence-corrected chi connectivity index (χ1v) is 3.50. The second kappa shape index (κ2) is 3.87. The molecule has 0 amide bonds. The molecule has 0 aromatic carbocycles.